The predicted molar refractivity (Wildman–Crippen MR) is 88.1 cm³/mol. The van der Waals surface area contributed by atoms with Crippen molar-refractivity contribution in [2.45, 2.75) is 24.9 Å². The van der Waals surface area contributed by atoms with E-state index >= 15 is 0 Å². The van der Waals surface area contributed by atoms with E-state index in [1.165, 1.54) is 21.1 Å². The van der Waals surface area contributed by atoms with E-state index in [1.807, 2.05) is 0 Å². The molecule has 0 bridgehead atoms. The van der Waals surface area contributed by atoms with E-state index in [0.717, 1.165) is 4.47 Å². The lowest BCUT2D eigenvalue weighted by Gasteiger charge is -2.43. The Morgan fingerprint density at radius 3 is 2.42 bits per heavy atom. The van der Waals surface area contributed by atoms with E-state index in [4.69, 9.17) is 9.47 Å². The van der Waals surface area contributed by atoms with Crippen molar-refractivity contribution in [2.75, 3.05) is 14.2 Å². The van der Waals surface area contributed by atoms with Crippen molar-refractivity contribution >= 4 is 33.7 Å². The van der Waals surface area contributed by atoms with Crippen LogP contribution >= 0.6 is 15.9 Å². The standard InChI is InChI=1S/C17H19BrO6/c1-17(22)8-11(19)13(15(20)23-2)12(14(17)16(21)24-3)9-5-4-6-10(18)7-9/h4-7,12-14,22H,8H2,1-3H3/t12-,13+,14+,17-/m0/s1. The molecule has 1 aromatic carbocycles. The lowest BCUT2D eigenvalue weighted by Crippen LogP contribution is -2.55. The quantitative estimate of drug-likeness (QED) is 0.616. The predicted octanol–water partition coefficient (Wildman–Crippen LogP) is 1.83. The largest absolute Gasteiger partial charge is 0.469 e. The first-order valence-corrected chi connectivity index (χ1v) is 8.18. The monoisotopic (exact) mass is 398 g/mol. The molecule has 4 atom stereocenters. The molecular weight excluding hydrogens is 380 g/mol. The summed E-state index contributed by atoms with van der Waals surface area (Å²) in [4.78, 5) is 37.1. The van der Waals surface area contributed by atoms with Gasteiger partial charge in [-0.2, -0.15) is 0 Å². The van der Waals surface area contributed by atoms with E-state index in [1.54, 1.807) is 24.3 Å². The number of benzene rings is 1. The van der Waals surface area contributed by atoms with Gasteiger partial charge in [-0.3, -0.25) is 14.4 Å². The molecule has 0 amide bonds. The van der Waals surface area contributed by atoms with Gasteiger partial charge in [-0.1, -0.05) is 28.1 Å². The smallest absolute Gasteiger partial charge is 0.316 e. The number of rotatable bonds is 3. The number of ketones is 1. The van der Waals surface area contributed by atoms with Crippen LogP contribution < -0.4 is 0 Å². The molecule has 0 unspecified atom stereocenters. The number of hydrogen-bond acceptors (Lipinski definition) is 6. The Bertz CT molecular complexity index is 669. The van der Waals surface area contributed by atoms with Gasteiger partial charge in [0.2, 0.25) is 0 Å². The van der Waals surface area contributed by atoms with Gasteiger partial charge in [0.25, 0.3) is 0 Å². The van der Waals surface area contributed by atoms with Crippen molar-refractivity contribution in [2.24, 2.45) is 11.8 Å². The summed E-state index contributed by atoms with van der Waals surface area (Å²) < 4.78 is 10.3. The van der Waals surface area contributed by atoms with Gasteiger partial charge in [-0.05, 0) is 24.6 Å². The van der Waals surface area contributed by atoms with Crippen molar-refractivity contribution in [3.63, 3.8) is 0 Å². The Hall–Kier alpha value is -1.73. The molecule has 0 heterocycles. The maximum atomic E-state index is 12.5. The third-order valence-electron chi connectivity index (χ3n) is 4.41. The van der Waals surface area contributed by atoms with Crippen LogP contribution in [0.5, 0.6) is 0 Å². The van der Waals surface area contributed by atoms with Crippen LogP contribution in [0.2, 0.25) is 0 Å². The summed E-state index contributed by atoms with van der Waals surface area (Å²) in [6.45, 7) is 1.41. The van der Waals surface area contributed by atoms with E-state index in [0.29, 0.717) is 5.56 Å². The molecule has 0 aliphatic heterocycles. The van der Waals surface area contributed by atoms with Crippen LogP contribution in [-0.2, 0) is 23.9 Å². The van der Waals surface area contributed by atoms with Gasteiger partial charge in [-0.25, -0.2) is 0 Å². The Morgan fingerprint density at radius 2 is 1.88 bits per heavy atom. The molecule has 0 spiro atoms. The van der Waals surface area contributed by atoms with Gasteiger partial charge in [-0.15, -0.1) is 0 Å². The Kier molecular flexibility index (Phi) is 5.45. The molecule has 7 heteroatoms. The third-order valence-corrected chi connectivity index (χ3v) is 4.90. The van der Waals surface area contributed by atoms with Crippen molar-refractivity contribution in [3.8, 4) is 0 Å². The second-order valence-corrected chi connectivity index (χ2v) is 7.00. The van der Waals surface area contributed by atoms with Crippen molar-refractivity contribution < 1.29 is 29.0 Å². The maximum Gasteiger partial charge on any atom is 0.316 e. The number of hydrogen-bond donors (Lipinski definition) is 1. The lowest BCUT2D eigenvalue weighted by atomic mass is 9.62. The fourth-order valence-corrected chi connectivity index (χ4v) is 3.80. The first-order valence-electron chi connectivity index (χ1n) is 7.39. The van der Waals surface area contributed by atoms with Crippen molar-refractivity contribution in [3.05, 3.63) is 34.3 Å². The molecular formula is C17H19BrO6. The summed E-state index contributed by atoms with van der Waals surface area (Å²) in [6.07, 6.45) is -0.322. The van der Waals surface area contributed by atoms with Crippen LogP contribution in [0.25, 0.3) is 0 Å². The molecule has 1 aliphatic rings. The van der Waals surface area contributed by atoms with Crippen LogP contribution in [0.3, 0.4) is 0 Å². The minimum absolute atomic E-state index is 0.322. The van der Waals surface area contributed by atoms with E-state index in [2.05, 4.69) is 15.9 Å². The Morgan fingerprint density at radius 1 is 1.25 bits per heavy atom. The van der Waals surface area contributed by atoms with Gasteiger partial charge >= 0.3 is 11.9 Å². The lowest BCUT2D eigenvalue weighted by molar-refractivity contribution is -0.170. The summed E-state index contributed by atoms with van der Waals surface area (Å²) in [5, 5.41) is 10.7. The highest BCUT2D eigenvalue weighted by atomic mass is 79.9. The number of aliphatic hydroxyl groups is 1. The summed E-state index contributed by atoms with van der Waals surface area (Å²) in [5.74, 6) is -4.98. The summed E-state index contributed by atoms with van der Waals surface area (Å²) in [7, 11) is 2.40. The fraction of sp³-hybridized carbons (Fsp3) is 0.471. The van der Waals surface area contributed by atoms with Gasteiger partial charge in [0.1, 0.15) is 5.92 Å². The molecule has 1 N–H and O–H groups in total. The number of Topliss-reactive ketones (excluding diaryl/α,β-unsaturated/α-hetero) is 1. The zero-order valence-corrected chi connectivity index (χ0v) is 15.2. The summed E-state index contributed by atoms with van der Waals surface area (Å²) in [5.41, 5.74) is -1.05. The minimum Gasteiger partial charge on any atom is -0.469 e. The van der Waals surface area contributed by atoms with Gasteiger partial charge < -0.3 is 14.6 Å². The van der Waals surface area contributed by atoms with Crippen molar-refractivity contribution in [1.29, 1.82) is 0 Å². The zero-order chi connectivity index (χ0) is 18.1. The molecule has 24 heavy (non-hydrogen) atoms. The fourth-order valence-electron chi connectivity index (χ4n) is 3.38. The molecule has 0 aromatic heterocycles. The average Bonchev–Trinajstić information content (AvgIpc) is 2.52. The second kappa shape index (κ2) is 7.03. The number of halogens is 1. The zero-order valence-electron chi connectivity index (χ0n) is 13.6. The molecule has 1 fully saturated rings. The van der Waals surface area contributed by atoms with Crippen LogP contribution in [0.15, 0.2) is 28.7 Å². The molecule has 1 aliphatic carbocycles. The molecule has 2 rings (SSSR count). The molecule has 0 saturated heterocycles. The average molecular weight is 399 g/mol. The summed E-state index contributed by atoms with van der Waals surface area (Å²) >= 11 is 3.34. The SMILES string of the molecule is COC(=O)[C@@H]1C(=O)C[C@](C)(O)[C@@H](C(=O)OC)[C@H]1c1cccc(Br)c1. The van der Waals surface area contributed by atoms with E-state index < -0.39 is 41.1 Å². The first-order chi connectivity index (χ1) is 11.2. The van der Waals surface area contributed by atoms with Gasteiger partial charge in [0.05, 0.1) is 25.7 Å². The van der Waals surface area contributed by atoms with Gasteiger partial charge in [0, 0.05) is 16.8 Å². The normalized spacial score (nSPS) is 29.9. The van der Waals surface area contributed by atoms with E-state index in [-0.39, 0.29) is 6.42 Å². The molecule has 6 nitrogen and oxygen atoms in total. The number of carbonyl (C=O) groups excluding carboxylic acids is 3. The van der Waals surface area contributed by atoms with Crippen LogP contribution in [0, 0.1) is 11.8 Å². The van der Waals surface area contributed by atoms with Crippen LogP contribution in [0.4, 0.5) is 0 Å². The van der Waals surface area contributed by atoms with Crippen LogP contribution in [0.1, 0.15) is 24.8 Å². The second-order valence-electron chi connectivity index (χ2n) is 6.08. The van der Waals surface area contributed by atoms with E-state index in [9.17, 15) is 19.5 Å². The number of carbonyl (C=O) groups is 3. The number of ether oxygens (including phenoxy) is 2. The third kappa shape index (κ3) is 3.37. The molecule has 0 radical (unpaired) electrons. The highest BCUT2D eigenvalue weighted by Gasteiger charge is 2.56. The number of esters is 2. The highest BCUT2D eigenvalue weighted by molar-refractivity contribution is 9.10. The molecule has 1 aromatic rings. The molecule has 130 valence electrons. The van der Waals surface area contributed by atoms with Gasteiger partial charge in [0.15, 0.2) is 5.78 Å². The topological polar surface area (TPSA) is 89.9 Å². The maximum absolute atomic E-state index is 12.5. The van der Waals surface area contributed by atoms with Crippen molar-refractivity contribution in [1.82, 2.24) is 0 Å². The Balaban J connectivity index is 2.65. The number of methoxy groups -OCH3 is 2. The highest BCUT2D eigenvalue weighted by Crippen LogP contribution is 2.46. The van der Waals surface area contributed by atoms with Crippen LogP contribution in [-0.4, -0.2) is 42.6 Å². The summed E-state index contributed by atoms with van der Waals surface area (Å²) in [6, 6.07) is 6.93. The molecule has 1 saturated carbocycles. The first kappa shape index (κ1) is 18.6. The Labute approximate surface area is 148 Å². The minimum atomic E-state index is -1.62.